The Bertz CT molecular complexity index is 629. The van der Waals surface area contributed by atoms with Gasteiger partial charge >= 0.3 is 0 Å². The Morgan fingerprint density at radius 3 is 2.65 bits per heavy atom. The molecule has 0 spiro atoms. The maximum Gasteiger partial charge on any atom is 0.242 e. The second-order valence-electron chi connectivity index (χ2n) is 6.37. The van der Waals surface area contributed by atoms with Crippen LogP contribution in [0.2, 0.25) is 0 Å². The van der Waals surface area contributed by atoms with Gasteiger partial charge in [-0.25, -0.2) is 8.78 Å². The molecule has 0 aromatic heterocycles. The number of hydrogen-bond donors (Lipinski definition) is 2. The lowest BCUT2D eigenvalue weighted by molar-refractivity contribution is -0.134. The van der Waals surface area contributed by atoms with E-state index in [9.17, 15) is 18.4 Å². The van der Waals surface area contributed by atoms with E-state index in [4.69, 9.17) is 0 Å². The molecule has 23 heavy (non-hydrogen) atoms. The van der Waals surface area contributed by atoms with Crippen molar-refractivity contribution >= 4 is 11.8 Å². The fraction of sp³-hybridized carbons (Fsp3) is 0.529. The largest absolute Gasteiger partial charge is 0.354 e. The Balaban J connectivity index is 1.82. The summed E-state index contributed by atoms with van der Waals surface area (Å²) in [5, 5.41) is 5.55. The van der Waals surface area contributed by atoms with Crippen molar-refractivity contribution in [3.63, 3.8) is 0 Å². The molecule has 1 aromatic rings. The number of benzene rings is 1. The van der Waals surface area contributed by atoms with Crippen molar-refractivity contribution in [2.75, 3.05) is 6.54 Å². The third-order valence-electron chi connectivity index (χ3n) is 4.93. The monoisotopic (exact) mass is 322 g/mol. The van der Waals surface area contributed by atoms with Gasteiger partial charge in [0.2, 0.25) is 11.8 Å². The van der Waals surface area contributed by atoms with Crippen LogP contribution in [0.3, 0.4) is 0 Å². The van der Waals surface area contributed by atoms with Crippen LogP contribution >= 0.6 is 0 Å². The molecule has 1 heterocycles. The minimum atomic E-state index is -0.982. The third-order valence-corrected chi connectivity index (χ3v) is 4.93. The molecular weight excluding hydrogens is 302 g/mol. The van der Waals surface area contributed by atoms with Crippen LogP contribution in [0.5, 0.6) is 0 Å². The topological polar surface area (TPSA) is 58.2 Å². The van der Waals surface area contributed by atoms with Gasteiger partial charge in [0.1, 0.15) is 17.7 Å². The Kier molecular flexibility index (Phi) is 4.33. The zero-order chi connectivity index (χ0) is 16.4. The third kappa shape index (κ3) is 2.94. The lowest BCUT2D eigenvalue weighted by Crippen LogP contribution is -2.55. The first kappa shape index (κ1) is 15.9. The van der Waals surface area contributed by atoms with Gasteiger partial charge in [0.25, 0.3) is 0 Å². The van der Waals surface area contributed by atoms with Gasteiger partial charge in [0, 0.05) is 18.2 Å². The molecule has 0 radical (unpaired) electrons. The van der Waals surface area contributed by atoms with Crippen molar-refractivity contribution in [1.82, 2.24) is 10.6 Å². The minimum absolute atomic E-state index is 0.190. The summed E-state index contributed by atoms with van der Waals surface area (Å²) in [6, 6.07) is 2.74. The molecule has 2 fully saturated rings. The van der Waals surface area contributed by atoms with E-state index < -0.39 is 23.1 Å². The van der Waals surface area contributed by atoms with Crippen LogP contribution in [0.4, 0.5) is 8.78 Å². The van der Waals surface area contributed by atoms with Gasteiger partial charge in [0.15, 0.2) is 0 Å². The predicted octanol–water partition coefficient (Wildman–Crippen LogP) is 2.17. The number of carbonyl (C=O) groups excluding carboxylic acids is 2. The summed E-state index contributed by atoms with van der Waals surface area (Å²) in [6.07, 6.45) is 4.14. The molecule has 2 aliphatic rings. The second kappa shape index (κ2) is 6.26. The normalized spacial score (nSPS) is 23.4. The molecule has 1 aliphatic carbocycles. The smallest absolute Gasteiger partial charge is 0.242 e. The van der Waals surface area contributed by atoms with E-state index in [-0.39, 0.29) is 17.4 Å². The Morgan fingerprint density at radius 2 is 2.00 bits per heavy atom. The van der Waals surface area contributed by atoms with Crippen LogP contribution < -0.4 is 10.6 Å². The standard InChI is InChI=1S/C17H20F2N2O2/c18-11-5-6-12(13(19)10-11)17(7-3-8-17)16(23)21-14-4-1-2-9-20-15(14)22/h5-6,10,14H,1-4,7-9H2,(H,20,22)(H,21,23). The molecular formula is C17H20F2N2O2. The molecule has 0 bridgehead atoms. The number of nitrogens with one attached hydrogen (secondary N) is 2. The summed E-state index contributed by atoms with van der Waals surface area (Å²) >= 11 is 0. The van der Waals surface area contributed by atoms with E-state index in [1.54, 1.807) is 0 Å². The van der Waals surface area contributed by atoms with Crippen molar-refractivity contribution < 1.29 is 18.4 Å². The number of hydrogen-bond acceptors (Lipinski definition) is 2. The molecule has 1 unspecified atom stereocenters. The highest BCUT2D eigenvalue weighted by atomic mass is 19.1. The molecule has 124 valence electrons. The van der Waals surface area contributed by atoms with Crippen LogP contribution in [-0.2, 0) is 15.0 Å². The maximum absolute atomic E-state index is 14.1. The van der Waals surface area contributed by atoms with Crippen molar-refractivity contribution in [2.24, 2.45) is 0 Å². The lowest BCUT2D eigenvalue weighted by Gasteiger charge is -2.41. The van der Waals surface area contributed by atoms with E-state index in [0.717, 1.165) is 25.3 Å². The zero-order valence-electron chi connectivity index (χ0n) is 12.8. The van der Waals surface area contributed by atoms with Crippen LogP contribution in [0.1, 0.15) is 44.1 Å². The predicted molar refractivity (Wildman–Crippen MR) is 80.7 cm³/mol. The van der Waals surface area contributed by atoms with E-state index in [1.807, 2.05) is 0 Å². The summed E-state index contributed by atoms with van der Waals surface area (Å²) in [5.74, 6) is -1.89. The van der Waals surface area contributed by atoms with E-state index in [1.165, 1.54) is 12.1 Å². The van der Waals surface area contributed by atoms with Gasteiger partial charge in [-0.05, 0) is 38.2 Å². The van der Waals surface area contributed by atoms with Gasteiger partial charge in [-0.2, -0.15) is 0 Å². The summed E-state index contributed by atoms with van der Waals surface area (Å²) in [5.41, 5.74) is -0.763. The van der Waals surface area contributed by atoms with Gasteiger partial charge < -0.3 is 10.6 Å². The van der Waals surface area contributed by atoms with Crippen LogP contribution in [0.15, 0.2) is 18.2 Å². The first-order chi connectivity index (χ1) is 11.0. The van der Waals surface area contributed by atoms with Crippen LogP contribution in [-0.4, -0.2) is 24.4 Å². The van der Waals surface area contributed by atoms with Crippen LogP contribution in [0.25, 0.3) is 0 Å². The van der Waals surface area contributed by atoms with Crippen molar-refractivity contribution in [3.05, 3.63) is 35.4 Å². The van der Waals surface area contributed by atoms with Gasteiger partial charge in [-0.3, -0.25) is 9.59 Å². The highest BCUT2D eigenvalue weighted by Crippen LogP contribution is 2.45. The van der Waals surface area contributed by atoms with E-state index in [2.05, 4.69) is 10.6 Å². The summed E-state index contributed by atoms with van der Waals surface area (Å²) in [4.78, 5) is 24.7. The van der Waals surface area contributed by atoms with Gasteiger partial charge in [-0.1, -0.05) is 12.5 Å². The van der Waals surface area contributed by atoms with Crippen LogP contribution in [0, 0.1) is 11.6 Å². The quantitative estimate of drug-likeness (QED) is 0.896. The number of amides is 2. The average Bonchev–Trinajstić information content (AvgIpc) is 2.65. The summed E-state index contributed by atoms with van der Waals surface area (Å²) < 4.78 is 27.3. The molecule has 4 nitrogen and oxygen atoms in total. The fourth-order valence-electron chi connectivity index (χ4n) is 3.40. The Labute approximate surface area is 133 Å². The van der Waals surface area contributed by atoms with Crippen molar-refractivity contribution in [2.45, 2.75) is 50.0 Å². The number of halogens is 2. The molecule has 1 aromatic carbocycles. The SMILES string of the molecule is O=C1NCCCCC1NC(=O)C1(c2ccc(F)cc2F)CCC1. The summed E-state index contributed by atoms with van der Waals surface area (Å²) in [7, 11) is 0. The average molecular weight is 322 g/mol. The minimum Gasteiger partial charge on any atom is -0.354 e. The highest BCUT2D eigenvalue weighted by molar-refractivity contribution is 5.94. The molecule has 1 atom stereocenters. The van der Waals surface area contributed by atoms with Crippen molar-refractivity contribution in [3.8, 4) is 0 Å². The molecule has 1 saturated heterocycles. The Morgan fingerprint density at radius 1 is 1.22 bits per heavy atom. The fourth-order valence-corrected chi connectivity index (χ4v) is 3.40. The maximum atomic E-state index is 14.1. The molecule has 1 aliphatic heterocycles. The van der Waals surface area contributed by atoms with E-state index >= 15 is 0 Å². The van der Waals surface area contributed by atoms with E-state index in [0.29, 0.717) is 25.8 Å². The second-order valence-corrected chi connectivity index (χ2v) is 6.37. The molecule has 1 saturated carbocycles. The first-order valence-corrected chi connectivity index (χ1v) is 8.07. The molecule has 2 N–H and O–H groups in total. The Hall–Kier alpha value is -1.98. The first-order valence-electron chi connectivity index (χ1n) is 8.07. The number of rotatable bonds is 3. The highest BCUT2D eigenvalue weighted by Gasteiger charge is 2.48. The lowest BCUT2D eigenvalue weighted by atomic mass is 9.63. The molecule has 3 rings (SSSR count). The number of carbonyl (C=O) groups is 2. The summed E-state index contributed by atoms with van der Waals surface area (Å²) in [6.45, 7) is 0.614. The van der Waals surface area contributed by atoms with Gasteiger partial charge in [0.05, 0.1) is 5.41 Å². The molecule has 6 heteroatoms. The molecule has 2 amide bonds. The zero-order valence-corrected chi connectivity index (χ0v) is 12.8. The van der Waals surface area contributed by atoms with Crippen molar-refractivity contribution in [1.29, 1.82) is 0 Å². The van der Waals surface area contributed by atoms with Gasteiger partial charge in [-0.15, -0.1) is 0 Å².